The number of aromatic nitrogens is 4. The smallest absolute Gasteiger partial charge is 0.437 e. The highest BCUT2D eigenvalue weighted by molar-refractivity contribution is 5.94. The third-order valence-electron chi connectivity index (χ3n) is 7.18. The van der Waals surface area contributed by atoms with E-state index in [4.69, 9.17) is 4.98 Å². The summed E-state index contributed by atoms with van der Waals surface area (Å²) in [6, 6.07) is 9.75. The van der Waals surface area contributed by atoms with Gasteiger partial charge in [-0.25, -0.2) is 9.78 Å². The fourth-order valence-corrected chi connectivity index (χ4v) is 5.22. The summed E-state index contributed by atoms with van der Waals surface area (Å²) >= 11 is 0. The lowest BCUT2D eigenvalue weighted by molar-refractivity contribution is -0.141. The molecule has 2 N–H and O–H groups in total. The van der Waals surface area contributed by atoms with E-state index in [1.54, 1.807) is 41.1 Å². The van der Waals surface area contributed by atoms with E-state index in [1.807, 2.05) is 19.1 Å². The molecule has 1 aliphatic heterocycles. The van der Waals surface area contributed by atoms with Gasteiger partial charge in [-0.3, -0.25) is 13.9 Å². The zero-order valence-electron chi connectivity index (χ0n) is 23.0. The van der Waals surface area contributed by atoms with Crippen LogP contribution < -0.4 is 20.7 Å². The molecule has 3 aromatic heterocycles. The van der Waals surface area contributed by atoms with Crippen molar-refractivity contribution in [2.24, 2.45) is 7.05 Å². The minimum absolute atomic E-state index is 0.0315. The quantitative estimate of drug-likeness (QED) is 0.349. The number of nitriles is 1. The molecule has 1 aliphatic rings. The molecule has 0 radical (unpaired) electrons. The van der Waals surface area contributed by atoms with E-state index in [0.29, 0.717) is 11.3 Å². The fraction of sp³-hybridized carbons (Fsp3) is 0.321. The van der Waals surface area contributed by atoms with Crippen LogP contribution in [0.4, 0.5) is 30.4 Å². The number of nitrogens with one attached hydrogen (secondary N) is 1. The number of aromatic carboxylic acids is 1. The number of alkyl halides is 3. The van der Waals surface area contributed by atoms with Crippen LogP contribution in [0.2, 0.25) is 0 Å². The number of carbonyl (C=O) groups is 1. The van der Waals surface area contributed by atoms with Gasteiger partial charge in [-0.2, -0.15) is 23.5 Å². The van der Waals surface area contributed by atoms with Crippen molar-refractivity contribution >= 4 is 28.8 Å². The third kappa shape index (κ3) is 5.20. The fourth-order valence-electron chi connectivity index (χ4n) is 5.22. The van der Waals surface area contributed by atoms with Crippen LogP contribution in [0.25, 0.3) is 5.65 Å². The van der Waals surface area contributed by atoms with Crippen LogP contribution in [0.5, 0.6) is 0 Å². The number of halogens is 3. The van der Waals surface area contributed by atoms with Gasteiger partial charge in [0.2, 0.25) is 0 Å². The standard InChI is InChI=1S/C28H27F3N8O3/c1-16-12-19(17(2)33-21-7-5-4-6-18(21)27(41)42)25-34-24(20(13-32)26(40)39(25)14-16)38-10-8-37(9-11-38)22-15-36(3)35-23(22)28(29,30)31/h4-7,12,14-15,17,33H,8-11H2,1-3H3,(H,41,42). The molecule has 218 valence electrons. The topological polar surface area (TPSA) is 132 Å². The lowest BCUT2D eigenvalue weighted by Crippen LogP contribution is -2.48. The van der Waals surface area contributed by atoms with Gasteiger partial charge in [0.15, 0.2) is 17.1 Å². The van der Waals surface area contributed by atoms with Crippen molar-refractivity contribution < 1.29 is 23.1 Å². The van der Waals surface area contributed by atoms with Gasteiger partial charge < -0.3 is 20.2 Å². The van der Waals surface area contributed by atoms with Crippen LogP contribution in [-0.2, 0) is 13.2 Å². The average Bonchev–Trinajstić information content (AvgIpc) is 3.35. The highest BCUT2D eigenvalue weighted by Crippen LogP contribution is 2.36. The first-order valence-corrected chi connectivity index (χ1v) is 13.1. The molecule has 4 heterocycles. The Hall–Kier alpha value is -5.06. The first-order chi connectivity index (χ1) is 19.9. The minimum atomic E-state index is -4.61. The van der Waals surface area contributed by atoms with Crippen molar-refractivity contribution in [1.82, 2.24) is 19.2 Å². The molecule has 1 saturated heterocycles. The Morgan fingerprint density at radius 1 is 1.14 bits per heavy atom. The number of rotatable bonds is 6. The van der Waals surface area contributed by atoms with Gasteiger partial charge in [0.05, 0.1) is 17.3 Å². The molecule has 0 spiro atoms. The molecule has 1 unspecified atom stereocenters. The second kappa shape index (κ2) is 10.7. The second-order valence-electron chi connectivity index (χ2n) is 10.1. The van der Waals surface area contributed by atoms with E-state index in [2.05, 4.69) is 10.4 Å². The van der Waals surface area contributed by atoms with Gasteiger partial charge >= 0.3 is 12.1 Å². The Balaban J connectivity index is 1.51. The number of anilines is 3. The third-order valence-corrected chi connectivity index (χ3v) is 7.18. The van der Waals surface area contributed by atoms with Crippen LogP contribution in [0.15, 0.2) is 47.5 Å². The van der Waals surface area contributed by atoms with Crippen LogP contribution in [0.3, 0.4) is 0 Å². The van der Waals surface area contributed by atoms with Gasteiger partial charge in [0.1, 0.15) is 11.7 Å². The maximum absolute atomic E-state index is 13.6. The number of fused-ring (bicyclic) bond motifs is 1. The minimum Gasteiger partial charge on any atom is -0.478 e. The van der Waals surface area contributed by atoms with Gasteiger partial charge in [-0.15, -0.1) is 0 Å². The zero-order chi connectivity index (χ0) is 30.3. The SMILES string of the molecule is Cc1cc(C(C)Nc2ccccc2C(=O)O)c2nc(N3CCN(c4cn(C)nc4C(F)(F)F)CC3)c(C#N)c(=O)n2c1. The molecule has 1 aromatic carbocycles. The molecule has 0 bridgehead atoms. The highest BCUT2D eigenvalue weighted by Gasteiger charge is 2.39. The zero-order valence-corrected chi connectivity index (χ0v) is 23.0. The Labute approximate surface area is 238 Å². The maximum Gasteiger partial charge on any atom is 0.437 e. The molecular weight excluding hydrogens is 553 g/mol. The Kier molecular flexibility index (Phi) is 7.27. The van der Waals surface area contributed by atoms with E-state index in [0.717, 1.165) is 10.2 Å². The van der Waals surface area contributed by atoms with Crippen molar-refractivity contribution in [3.63, 3.8) is 0 Å². The van der Waals surface area contributed by atoms with Crippen molar-refractivity contribution in [3.8, 4) is 6.07 Å². The van der Waals surface area contributed by atoms with Crippen LogP contribution in [-0.4, -0.2) is 56.4 Å². The Bertz CT molecular complexity index is 1780. The van der Waals surface area contributed by atoms with Crippen LogP contribution in [0, 0.1) is 18.3 Å². The number of carboxylic acids is 1. The number of carboxylic acid groups (broad SMARTS) is 1. The van der Waals surface area contributed by atoms with Gasteiger partial charge in [-0.05, 0) is 37.6 Å². The first-order valence-electron chi connectivity index (χ1n) is 13.1. The lowest BCUT2D eigenvalue weighted by Gasteiger charge is -2.36. The first kappa shape index (κ1) is 28.5. The number of hydrogen-bond acceptors (Lipinski definition) is 8. The number of piperazine rings is 1. The highest BCUT2D eigenvalue weighted by atomic mass is 19.4. The number of pyridine rings is 1. The largest absolute Gasteiger partial charge is 0.478 e. The number of benzene rings is 1. The van der Waals surface area contributed by atoms with E-state index in [9.17, 15) is 33.1 Å². The second-order valence-corrected chi connectivity index (χ2v) is 10.1. The summed E-state index contributed by atoms with van der Waals surface area (Å²) in [5.74, 6) is -0.949. The molecule has 0 aliphatic carbocycles. The monoisotopic (exact) mass is 580 g/mol. The lowest BCUT2D eigenvalue weighted by atomic mass is 10.1. The number of nitrogens with zero attached hydrogens (tertiary/aromatic N) is 7. The van der Waals surface area contributed by atoms with Crippen LogP contribution in [0.1, 0.15) is 45.7 Å². The van der Waals surface area contributed by atoms with Crippen molar-refractivity contribution in [2.75, 3.05) is 41.3 Å². The molecule has 1 atom stereocenters. The summed E-state index contributed by atoms with van der Waals surface area (Å²) in [7, 11) is 1.43. The van der Waals surface area contributed by atoms with E-state index < -0.39 is 29.4 Å². The molecule has 0 saturated carbocycles. The number of para-hydroxylation sites is 1. The van der Waals surface area contributed by atoms with Gasteiger partial charge in [-0.1, -0.05) is 12.1 Å². The predicted molar refractivity (Wildman–Crippen MR) is 149 cm³/mol. The summed E-state index contributed by atoms with van der Waals surface area (Å²) < 4.78 is 43.1. The summed E-state index contributed by atoms with van der Waals surface area (Å²) in [5.41, 5.74) is 0.325. The molecule has 1 fully saturated rings. The number of aryl methyl sites for hydroxylation is 2. The molecule has 0 amide bonds. The Morgan fingerprint density at radius 2 is 1.81 bits per heavy atom. The molecule has 11 nitrogen and oxygen atoms in total. The summed E-state index contributed by atoms with van der Waals surface area (Å²) in [5, 5.41) is 26.3. The maximum atomic E-state index is 13.6. The van der Waals surface area contributed by atoms with Crippen molar-refractivity contribution in [3.05, 3.63) is 81.0 Å². The number of hydrogen-bond donors (Lipinski definition) is 2. The molecule has 4 aromatic rings. The summed E-state index contributed by atoms with van der Waals surface area (Å²) in [4.78, 5) is 33.3. The predicted octanol–water partition coefficient (Wildman–Crippen LogP) is 3.82. The molecule has 5 rings (SSSR count). The molecular formula is C28H27F3N8O3. The van der Waals surface area contributed by atoms with E-state index in [-0.39, 0.29) is 54.5 Å². The molecule has 14 heteroatoms. The van der Waals surface area contributed by atoms with Gasteiger partial charge in [0.25, 0.3) is 5.56 Å². The summed E-state index contributed by atoms with van der Waals surface area (Å²) in [6.45, 7) is 4.40. The normalized spacial score (nSPS) is 14.6. The summed E-state index contributed by atoms with van der Waals surface area (Å²) in [6.07, 6.45) is -1.71. The molecule has 42 heavy (non-hydrogen) atoms. The Morgan fingerprint density at radius 3 is 2.45 bits per heavy atom. The van der Waals surface area contributed by atoms with Crippen LogP contribution >= 0.6 is 0 Å². The van der Waals surface area contributed by atoms with Crippen molar-refractivity contribution in [1.29, 1.82) is 5.26 Å². The average molecular weight is 581 g/mol. The van der Waals surface area contributed by atoms with Crippen molar-refractivity contribution in [2.45, 2.75) is 26.1 Å². The van der Waals surface area contributed by atoms with E-state index in [1.165, 1.54) is 23.7 Å². The van der Waals surface area contributed by atoms with Gasteiger partial charge in [0, 0.05) is 56.9 Å². The van der Waals surface area contributed by atoms with E-state index >= 15 is 0 Å².